The number of hydroxylamine groups is 2. The summed E-state index contributed by atoms with van der Waals surface area (Å²) in [6, 6.07) is 2.15. The van der Waals surface area contributed by atoms with Crippen LogP contribution in [-0.2, 0) is 24.3 Å². The van der Waals surface area contributed by atoms with E-state index < -0.39 is 28.3 Å². The molecule has 0 saturated carbocycles. The van der Waals surface area contributed by atoms with Crippen molar-refractivity contribution in [3.8, 4) is 0 Å². The van der Waals surface area contributed by atoms with Crippen LogP contribution in [0.2, 0.25) is 10.3 Å². The largest absolute Gasteiger partial charge is 0.418 e. The van der Waals surface area contributed by atoms with E-state index in [2.05, 4.69) is 14.6 Å². The van der Waals surface area contributed by atoms with Gasteiger partial charge in [0.2, 0.25) is 5.91 Å². The summed E-state index contributed by atoms with van der Waals surface area (Å²) in [6.07, 6.45) is 0. The molecule has 1 saturated heterocycles. The zero-order valence-electron chi connectivity index (χ0n) is 11.1. The molecule has 1 aromatic rings. The van der Waals surface area contributed by atoms with Crippen LogP contribution in [0.3, 0.4) is 0 Å². The second-order valence-electron chi connectivity index (χ2n) is 4.26. The molecule has 2 N–H and O–H groups in total. The number of β-lactam (4-membered cyclic amide) rings is 1. The highest BCUT2D eigenvalue weighted by Gasteiger charge is 2.41. The van der Waals surface area contributed by atoms with Crippen molar-refractivity contribution in [3.63, 3.8) is 0 Å². The summed E-state index contributed by atoms with van der Waals surface area (Å²) in [5.41, 5.74) is 0. The van der Waals surface area contributed by atoms with Crippen LogP contribution in [0.15, 0.2) is 17.0 Å². The van der Waals surface area contributed by atoms with Gasteiger partial charge in [-0.25, -0.2) is 4.98 Å². The van der Waals surface area contributed by atoms with Crippen molar-refractivity contribution in [1.82, 2.24) is 15.4 Å². The zero-order valence-corrected chi connectivity index (χ0v) is 14.2. The monoisotopic (exact) mass is 401 g/mol. The highest BCUT2D eigenvalue weighted by atomic mass is 35.5. The second kappa shape index (κ2) is 7.20. The highest BCUT2D eigenvalue weighted by molar-refractivity contribution is 8.00. The Labute approximate surface area is 145 Å². The molecule has 0 aromatic carbocycles. The fourth-order valence-electron chi connectivity index (χ4n) is 1.59. The van der Waals surface area contributed by atoms with Crippen LogP contribution in [0.5, 0.6) is 0 Å². The van der Waals surface area contributed by atoms with E-state index in [9.17, 15) is 18.0 Å². The van der Waals surface area contributed by atoms with Gasteiger partial charge in [-0.15, -0.1) is 16.0 Å². The van der Waals surface area contributed by atoms with Gasteiger partial charge in [-0.05, 0) is 12.1 Å². The van der Waals surface area contributed by atoms with Crippen molar-refractivity contribution in [2.24, 2.45) is 0 Å². The molecule has 1 fully saturated rings. The summed E-state index contributed by atoms with van der Waals surface area (Å²) >= 11 is 12.6. The molecule has 0 spiro atoms. The van der Waals surface area contributed by atoms with Gasteiger partial charge in [-0.1, -0.05) is 23.2 Å². The fourth-order valence-corrected chi connectivity index (χ4v) is 3.32. The Morgan fingerprint density at radius 2 is 2.09 bits per heavy atom. The Bertz CT molecular complexity index is 724. The number of nitrogens with one attached hydrogen (secondary N) is 1. The third-order valence-corrected chi connectivity index (χ3v) is 4.25. The predicted octanol–water partition coefficient (Wildman–Crippen LogP) is 0.542. The van der Waals surface area contributed by atoms with E-state index in [-0.39, 0.29) is 22.6 Å². The van der Waals surface area contributed by atoms with Crippen molar-refractivity contribution >= 4 is 57.2 Å². The van der Waals surface area contributed by atoms with Crippen LogP contribution < -0.4 is 5.32 Å². The molecule has 23 heavy (non-hydrogen) atoms. The summed E-state index contributed by atoms with van der Waals surface area (Å²) in [4.78, 5) is 27.6. The standard InChI is InChI=1S/C10H9Cl2N3O6S2/c11-7-1-5(2-8(12)14-7)22-4-9(16)13-6-3-15(10(6)17)21-23(18,19)20/h1-2,6H,3-4H2,(H,13,16)(H,18,19,20)/t6-/m0/s1. The van der Waals surface area contributed by atoms with E-state index in [1.54, 1.807) is 0 Å². The van der Waals surface area contributed by atoms with Crippen molar-refractivity contribution < 1.29 is 26.8 Å². The minimum absolute atomic E-state index is 0.0143. The number of rotatable bonds is 6. The van der Waals surface area contributed by atoms with E-state index in [4.69, 9.17) is 27.8 Å². The summed E-state index contributed by atoms with van der Waals surface area (Å²) in [7, 11) is -4.77. The minimum atomic E-state index is -4.77. The summed E-state index contributed by atoms with van der Waals surface area (Å²) in [5.74, 6) is -1.25. The predicted molar refractivity (Wildman–Crippen MR) is 81.3 cm³/mol. The fraction of sp³-hybridized carbons (Fsp3) is 0.300. The molecule has 2 amide bonds. The molecule has 13 heteroatoms. The lowest BCUT2D eigenvalue weighted by Crippen LogP contribution is -2.64. The number of carbonyl (C=O) groups excluding carboxylic acids is 2. The zero-order chi connectivity index (χ0) is 17.2. The van der Waals surface area contributed by atoms with E-state index in [1.165, 1.54) is 12.1 Å². The van der Waals surface area contributed by atoms with Crippen LogP contribution >= 0.6 is 35.0 Å². The van der Waals surface area contributed by atoms with Crippen molar-refractivity contribution in [2.75, 3.05) is 12.3 Å². The second-order valence-corrected chi connectivity index (χ2v) is 7.09. The molecule has 1 aromatic heterocycles. The SMILES string of the molecule is O=C(CSc1cc(Cl)nc(Cl)c1)N[C@H]1CN(OS(=O)(=O)O)C1=O. The van der Waals surface area contributed by atoms with E-state index >= 15 is 0 Å². The van der Waals surface area contributed by atoms with Gasteiger partial charge in [0.05, 0.1) is 12.3 Å². The Morgan fingerprint density at radius 1 is 1.48 bits per heavy atom. The third kappa shape index (κ3) is 5.48. The summed E-state index contributed by atoms with van der Waals surface area (Å²) in [6.45, 7) is -0.193. The number of thioether (sulfide) groups is 1. The molecule has 1 aliphatic rings. The van der Waals surface area contributed by atoms with Gasteiger partial charge in [-0.3, -0.25) is 14.1 Å². The van der Waals surface area contributed by atoms with Gasteiger partial charge in [0.15, 0.2) is 0 Å². The number of nitrogens with zero attached hydrogens (tertiary/aromatic N) is 2. The van der Waals surface area contributed by atoms with Crippen molar-refractivity contribution in [1.29, 1.82) is 0 Å². The molecule has 2 heterocycles. The molecule has 9 nitrogen and oxygen atoms in total. The average Bonchev–Trinajstić information content (AvgIpc) is 2.41. The van der Waals surface area contributed by atoms with Crippen LogP contribution in [0.4, 0.5) is 0 Å². The number of carbonyl (C=O) groups is 2. The number of amides is 2. The number of hydrogen-bond acceptors (Lipinski definition) is 7. The molecular weight excluding hydrogens is 393 g/mol. The number of hydrogen-bond donors (Lipinski definition) is 2. The Balaban J connectivity index is 1.79. The first-order valence-corrected chi connectivity index (χ1v) is 8.98. The van der Waals surface area contributed by atoms with Crippen molar-refractivity contribution in [2.45, 2.75) is 10.9 Å². The van der Waals surface area contributed by atoms with E-state index in [0.29, 0.717) is 9.96 Å². The number of aromatic nitrogens is 1. The maximum absolute atomic E-state index is 11.7. The minimum Gasteiger partial charge on any atom is -0.342 e. The smallest absolute Gasteiger partial charge is 0.342 e. The lowest BCUT2D eigenvalue weighted by molar-refractivity contribution is -0.181. The maximum Gasteiger partial charge on any atom is 0.418 e. The number of pyridine rings is 1. The van der Waals surface area contributed by atoms with Gasteiger partial charge in [0.25, 0.3) is 5.91 Å². The lowest BCUT2D eigenvalue weighted by Gasteiger charge is -2.35. The molecule has 126 valence electrons. The average molecular weight is 402 g/mol. The molecule has 0 unspecified atom stereocenters. The van der Waals surface area contributed by atoms with Crippen LogP contribution in [0.1, 0.15) is 0 Å². The summed E-state index contributed by atoms with van der Waals surface area (Å²) in [5, 5.41) is 3.19. The quantitative estimate of drug-likeness (QED) is 0.306. The Kier molecular flexibility index (Phi) is 5.70. The normalized spacial score (nSPS) is 17.8. The van der Waals surface area contributed by atoms with Gasteiger partial charge in [0.1, 0.15) is 16.3 Å². The molecule has 0 radical (unpaired) electrons. The van der Waals surface area contributed by atoms with Crippen LogP contribution in [-0.4, -0.2) is 53.2 Å². The molecule has 0 aliphatic carbocycles. The first-order valence-electron chi connectivity index (χ1n) is 5.88. The molecule has 1 atom stereocenters. The third-order valence-electron chi connectivity index (χ3n) is 2.52. The number of halogens is 2. The molecule has 1 aliphatic heterocycles. The molecule has 2 rings (SSSR count). The van der Waals surface area contributed by atoms with Gasteiger partial charge in [-0.2, -0.15) is 13.5 Å². The molecule has 0 bridgehead atoms. The first-order chi connectivity index (χ1) is 10.6. The van der Waals surface area contributed by atoms with Gasteiger partial charge >= 0.3 is 10.4 Å². The topological polar surface area (TPSA) is 126 Å². The van der Waals surface area contributed by atoms with Gasteiger partial charge in [0, 0.05) is 4.90 Å². The molecular formula is C10H9Cl2N3O6S2. The van der Waals surface area contributed by atoms with Crippen LogP contribution in [0, 0.1) is 0 Å². The lowest BCUT2D eigenvalue weighted by atomic mass is 10.1. The maximum atomic E-state index is 11.7. The van der Waals surface area contributed by atoms with Crippen molar-refractivity contribution in [3.05, 3.63) is 22.4 Å². The Morgan fingerprint density at radius 3 is 2.61 bits per heavy atom. The first kappa shape index (κ1) is 18.2. The van der Waals surface area contributed by atoms with E-state index in [1.807, 2.05) is 0 Å². The highest BCUT2D eigenvalue weighted by Crippen LogP contribution is 2.24. The van der Waals surface area contributed by atoms with E-state index in [0.717, 1.165) is 11.8 Å². The summed E-state index contributed by atoms with van der Waals surface area (Å²) < 4.78 is 33.3. The van der Waals surface area contributed by atoms with Gasteiger partial charge < -0.3 is 5.32 Å². The van der Waals surface area contributed by atoms with Crippen LogP contribution in [0.25, 0.3) is 0 Å². The Hall–Kier alpha value is -1.11.